The van der Waals surface area contributed by atoms with Crippen molar-refractivity contribution in [3.05, 3.63) is 59.3 Å². The molecule has 2 aliphatic heterocycles. The summed E-state index contributed by atoms with van der Waals surface area (Å²) in [5.74, 6) is 0.109. The number of allylic oxidation sites excluding steroid dienone is 1. The molecule has 0 saturated carbocycles. The van der Waals surface area contributed by atoms with Crippen LogP contribution < -0.4 is 38.5 Å². The average Bonchev–Trinajstić information content (AvgIpc) is 2.91. The van der Waals surface area contributed by atoms with E-state index in [4.69, 9.17) is 9.47 Å². The topological polar surface area (TPSA) is 88.1 Å². The fourth-order valence-electron chi connectivity index (χ4n) is 4.43. The summed E-state index contributed by atoms with van der Waals surface area (Å²) in [6, 6.07) is 3.36. The molecule has 7 nitrogen and oxygen atoms in total. The van der Waals surface area contributed by atoms with Crippen molar-refractivity contribution < 1.29 is 56.2 Å². The third-order valence-corrected chi connectivity index (χ3v) is 5.91. The Bertz CT molecular complexity index is 986. The Hall–Kier alpha value is -1.29. The van der Waals surface area contributed by atoms with E-state index >= 15 is 0 Å². The molecule has 0 unspecified atom stereocenters. The molecule has 1 spiro atoms. The third-order valence-electron chi connectivity index (χ3n) is 5.53. The summed E-state index contributed by atoms with van der Waals surface area (Å²) in [6.07, 6.45) is 7.34. The molecule has 0 aromatic heterocycles. The normalized spacial score (nSPS) is 25.2. The molecule has 0 amide bonds. The Morgan fingerprint density at radius 2 is 2.04 bits per heavy atom. The summed E-state index contributed by atoms with van der Waals surface area (Å²) in [5, 5.41) is 0. The van der Waals surface area contributed by atoms with Gasteiger partial charge in [-0.25, -0.2) is 8.42 Å². The van der Waals surface area contributed by atoms with Gasteiger partial charge in [-0.2, -0.15) is 0 Å². The molecular weight excluding hydrogens is 393 g/mol. The molecule has 2 heterocycles. The second-order valence-corrected chi connectivity index (χ2v) is 7.83. The van der Waals surface area contributed by atoms with Crippen LogP contribution in [0.15, 0.2) is 48.2 Å². The maximum atomic E-state index is 11.2. The number of hydrogen-bond donors (Lipinski definition) is 0. The van der Waals surface area contributed by atoms with Crippen LogP contribution in [0.25, 0.3) is 0 Å². The second kappa shape index (κ2) is 7.51. The van der Waals surface area contributed by atoms with Gasteiger partial charge in [-0.15, -0.1) is 0 Å². The summed E-state index contributed by atoms with van der Waals surface area (Å²) < 4.78 is 49.1. The third kappa shape index (κ3) is 3.32. The first-order valence-electron chi connectivity index (χ1n) is 8.55. The van der Waals surface area contributed by atoms with Gasteiger partial charge in [0.05, 0.1) is 18.8 Å². The van der Waals surface area contributed by atoms with Gasteiger partial charge in [-0.3, -0.25) is 0 Å². The van der Waals surface area contributed by atoms with E-state index in [2.05, 4.69) is 15.7 Å². The molecular formula is C19H20NNaO6S. The van der Waals surface area contributed by atoms with Crippen molar-refractivity contribution in [3.63, 3.8) is 0 Å². The van der Waals surface area contributed by atoms with Crippen LogP contribution in [0.2, 0.25) is 0 Å². The Labute approximate surface area is 186 Å². The number of rotatable bonds is 4. The first-order valence-corrected chi connectivity index (χ1v) is 9.88. The van der Waals surface area contributed by atoms with E-state index in [1.54, 1.807) is 19.2 Å². The van der Waals surface area contributed by atoms with Gasteiger partial charge >= 0.3 is 29.6 Å². The number of fused-ring (bicyclic) bond motifs is 1. The van der Waals surface area contributed by atoms with Gasteiger partial charge in [0, 0.05) is 25.8 Å². The first kappa shape index (κ1) is 21.4. The Balaban J connectivity index is 0.00000225. The number of benzene rings is 1. The Morgan fingerprint density at radius 3 is 2.68 bits per heavy atom. The number of methoxy groups -OCH3 is 2. The summed E-state index contributed by atoms with van der Waals surface area (Å²) in [4.78, 5) is 2.21. The average molecular weight is 413 g/mol. The fourth-order valence-corrected chi connectivity index (χ4v) is 4.78. The zero-order valence-corrected chi connectivity index (χ0v) is 18.9. The molecule has 0 saturated heterocycles. The number of nitrogens with zero attached hydrogens (tertiary/aromatic N) is 1. The number of hydrogen-bond acceptors (Lipinski definition) is 7. The molecule has 2 atom stereocenters. The zero-order valence-electron chi connectivity index (χ0n) is 16.1. The van der Waals surface area contributed by atoms with E-state index < -0.39 is 15.9 Å². The molecule has 28 heavy (non-hydrogen) atoms. The van der Waals surface area contributed by atoms with Crippen molar-refractivity contribution in [2.24, 2.45) is 0 Å². The first-order chi connectivity index (χ1) is 12.8. The second-order valence-electron chi connectivity index (χ2n) is 6.84. The summed E-state index contributed by atoms with van der Waals surface area (Å²) in [7, 11) is -1.86. The minimum atomic E-state index is -4.93. The van der Waals surface area contributed by atoms with Crippen molar-refractivity contribution in [2.75, 3.05) is 20.8 Å². The van der Waals surface area contributed by atoms with Gasteiger partial charge in [0.25, 0.3) is 10.4 Å². The van der Waals surface area contributed by atoms with Gasteiger partial charge in [-0.05, 0) is 41.3 Å². The minimum Gasteiger partial charge on any atom is -0.716 e. The fraction of sp³-hybridized carbons (Fsp3) is 0.368. The van der Waals surface area contributed by atoms with Crippen molar-refractivity contribution in [1.29, 1.82) is 0 Å². The molecule has 0 radical (unpaired) electrons. The monoisotopic (exact) mass is 413 g/mol. The van der Waals surface area contributed by atoms with Gasteiger partial charge < -0.3 is 23.1 Å². The van der Waals surface area contributed by atoms with E-state index in [0.29, 0.717) is 6.42 Å². The molecule has 0 N–H and O–H groups in total. The predicted molar refractivity (Wildman–Crippen MR) is 97.2 cm³/mol. The predicted octanol–water partition coefficient (Wildman–Crippen LogP) is -0.980. The molecule has 1 aliphatic carbocycles. The van der Waals surface area contributed by atoms with E-state index in [1.165, 1.54) is 7.11 Å². The van der Waals surface area contributed by atoms with Gasteiger partial charge in [0.2, 0.25) is 0 Å². The van der Waals surface area contributed by atoms with Crippen molar-refractivity contribution in [2.45, 2.75) is 24.5 Å². The van der Waals surface area contributed by atoms with E-state index in [-0.39, 0.29) is 47.2 Å². The van der Waals surface area contributed by atoms with E-state index in [1.807, 2.05) is 18.2 Å². The van der Waals surface area contributed by atoms with E-state index in [9.17, 15) is 13.0 Å². The quantitative estimate of drug-likeness (QED) is 0.356. The van der Waals surface area contributed by atoms with Crippen LogP contribution in [0.3, 0.4) is 0 Å². The van der Waals surface area contributed by atoms with Gasteiger partial charge in [0.1, 0.15) is 0 Å². The molecule has 0 bridgehead atoms. The molecule has 3 aliphatic rings. The van der Waals surface area contributed by atoms with Crippen LogP contribution in [0, 0.1) is 0 Å². The molecule has 0 fully saturated rings. The van der Waals surface area contributed by atoms with Crippen LogP contribution in [-0.4, -0.2) is 44.7 Å². The SMILES string of the molecule is C=C1C=C2C=C[C@H](OC)C[C@@]23c2cc(OS(=O)(=O)[O-])c(OC)cc2CCN13.[Na+]. The molecule has 9 heteroatoms. The van der Waals surface area contributed by atoms with Crippen LogP contribution >= 0.6 is 0 Å². The molecule has 1 aromatic carbocycles. The molecule has 4 rings (SSSR count). The van der Waals surface area contributed by atoms with Crippen molar-refractivity contribution >= 4 is 10.4 Å². The largest absolute Gasteiger partial charge is 1.00 e. The van der Waals surface area contributed by atoms with Crippen LogP contribution in [-0.2, 0) is 27.1 Å². The Kier molecular flexibility index (Phi) is 5.75. The number of ether oxygens (including phenoxy) is 2. The molecule has 1 aromatic rings. The van der Waals surface area contributed by atoms with Crippen molar-refractivity contribution in [3.8, 4) is 11.5 Å². The zero-order chi connectivity index (χ0) is 19.4. The minimum absolute atomic E-state index is 0. The summed E-state index contributed by atoms with van der Waals surface area (Å²) in [5.41, 5.74) is 3.32. The van der Waals surface area contributed by atoms with Crippen LogP contribution in [0.4, 0.5) is 0 Å². The smallest absolute Gasteiger partial charge is 0.716 e. The van der Waals surface area contributed by atoms with Crippen LogP contribution in [0.1, 0.15) is 17.5 Å². The summed E-state index contributed by atoms with van der Waals surface area (Å²) >= 11 is 0. The standard InChI is InChI=1S/C19H21NO6S.Na/c1-12-8-14-4-5-15(24-2)11-19(14)16-10-18(26-27(21,22)23)17(25-3)9-13(16)6-7-20(12)19;/h4-5,8-10,15H,1,6-7,11H2,2-3H3,(H,21,22,23);/q;+1/p-1/t15-,19-;/m0./s1. The van der Waals surface area contributed by atoms with E-state index in [0.717, 1.165) is 35.4 Å². The van der Waals surface area contributed by atoms with Crippen molar-refractivity contribution in [1.82, 2.24) is 4.90 Å². The maximum absolute atomic E-state index is 11.2. The summed E-state index contributed by atoms with van der Waals surface area (Å²) in [6.45, 7) is 4.93. The maximum Gasteiger partial charge on any atom is 1.00 e. The molecule has 144 valence electrons. The Morgan fingerprint density at radius 1 is 1.29 bits per heavy atom. The van der Waals surface area contributed by atoms with Gasteiger partial charge in [-0.1, -0.05) is 18.7 Å². The van der Waals surface area contributed by atoms with Gasteiger partial charge in [0.15, 0.2) is 11.5 Å². The van der Waals surface area contributed by atoms with Crippen LogP contribution in [0.5, 0.6) is 11.5 Å².